The van der Waals surface area contributed by atoms with Crippen molar-refractivity contribution in [1.29, 1.82) is 0 Å². The first-order valence-corrected chi connectivity index (χ1v) is 9.88. The number of benzene rings is 2. The van der Waals surface area contributed by atoms with E-state index >= 15 is 0 Å². The predicted molar refractivity (Wildman–Crippen MR) is 118 cm³/mol. The molecular weight excluding hydrogens is 380 g/mol. The van der Waals surface area contributed by atoms with Gasteiger partial charge in [0, 0.05) is 37.0 Å². The molecule has 1 amide bonds. The number of primary amides is 1. The summed E-state index contributed by atoms with van der Waals surface area (Å²) < 4.78 is 11.1. The quantitative estimate of drug-likeness (QED) is 0.516. The fraction of sp³-hybridized carbons (Fsp3) is 0.304. The highest BCUT2D eigenvalue weighted by molar-refractivity contribution is 5.92. The van der Waals surface area contributed by atoms with Crippen LogP contribution in [0, 0.1) is 0 Å². The molecule has 1 aliphatic heterocycles. The molecule has 7 nitrogen and oxygen atoms in total. The second kappa shape index (κ2) is 9.93. The van der Waals surface area contributed by atoms with Gasteiger partial charge < -0.3 is 20.9 Å². The summed E-state index contributed by atoms with van der Waals surface area (Å²) in [7, 11) is 3.32. The van der Waals surface area contributed by atoms with E-state index in [1.165, 1.54) is 5.56 Å². The Morgan fingerprint density at radius 3 is 2.33 bits per heavy atom. The molecule has 4 N–H and O–H groups in total. The zero-order chi connectivity index (χ0) is 21.5. The number of carbonyl (C=O) groups is 1. The Hall–Kier alpha value is -3.32. The highest BCUT2D eigenvalue weighted by atomic mass is 16.5. The van der Waals surface area contributed by atoms with Gasteiger partial charge in [0.05, 0.1) is 7.11 Å². The summed E-state index contributed by atoms with van der Waals surface area (Å²) in [5.74, 6) is 1.34. The highest BCUT2D eigenvalue weighted by Gasteiger charge is 2.29. The minimum atomic E-state index is -0.457. The van der Waals surface area contributed by atoms with E-state index in [0.717, 1.165) is 37.3 Å². The van der Waals surface area contributed by atoms with Gasteiger partial charge in [0.2, 0.25) is 5.91 Å². The van der Waals surface area contributed by atoms with Gasteiger partial charge in [-0.05, 0) is 61.3 Å². The fourth-order valence-electron chi connectivity index (χ4n) is 3.66. The van der Waals surface area contributed by atoms with Crippen molar-refractivity contribution in [3.05, 3.63) is 71.1 Å². The molecule has 0 bridgehead atoms. The summed E-state index contributed by atoms with van der Waals surface area (Å²) in [5, 5.41) is 0. The van der Waals surface area contributed by atoms with Crippen LogP contribution in [0.4, 0.5) is 0 Å². The van der Waals surface area contributed by atoms with Crippen LogP contribution in [0.25, 0.3) is 0 Å². The summed E-state index contributed by atoms with van der Waals surface area (Å²) >= 11 is 0. The summed E-state index contributed by atoms with van der Waals surface area (Å²) in [4.78, 5) is 17.7. The number of carbonyl (C=O) groups excluding carboxylic acids is 1. The SMILES string of the molecule is CN=CC(=C(N)OC)[C@@H]1CCCN1Cc1ccc(Oc2ccc(C(N)=O)cc2)cc1. The Kier molecular flexibility index (Phi) is 7.08. The Balaban J connectivity index is 1.66. The normalized spacial score (nSPS) is 17.7. The predicted octanol–water partition coefficient (Wildman–Crippen LogP) is 3.06. The highest BCUT2D eigenvalue weighted by Crippen LogP contribution is 2.27. The van der Waals surface area contributed by atoms with E-state index in [2.05, 4.69) is 22.0 Å². The summed E-state index contributed by atoms with van der Waals surface area (Å²) in [6.45, 7) is 1.80. The third-order valence-corrected chi connectivity index (χ3v) is 5.18. The molecule has 0 aromatic heterocycles. The molecule has 0 spiro atoms. The number of hydrogen-bond donors (Lipinski definition) is 2. The zero-order valence-electron chi connectivity index (χ0n) is 17.4. The first-order valence-electron chi connectivity index (χ1n) is 9.88. The molecule has 30 heavy (non-hydrogen) atoms. The van der Waals surface area contributed by atoms with E-state index in [0.29, 0.717) is 17.2 Å². The molecule has 1 saturated heterocycles. The lowest BCUT2D eigenvalue weighted by atomic mass is 10.1. The van der Waals surface area contributed by atoms with Crippen LogP contribution < -0.4 is 16.2 Å². The van der Waals surface area contributed by atoms with Crippen LogP contribution in [0.5, 0.6) is 11.5 Å². The van der Waals surface area contributed by atoms with Gasteiger partial charge in [0.1, 0.15) is 11.5 Å². The fourth-order valence-corrected chi connectivity index (χ4v) is 3.66. The van der Waals surface area contributed by atoms with Gasteiger partial charge in [-0.15, -0.1) is 0 Å². The lowest BCUT2D eigenvalue weighted by Gasteiger charge is -2.26. The Morgan fingerprint density at radius 2 is 1.77 bits per heavy atom. The maximum absolute atomic E-state index is 11.2. The Labute approximate surface area is 177 Å². The molecule has 1 aliphatic rings. The molecule has 1 fully saturated rings. The van der Waals surface area contributed by atoms with Crippen molar-refractivity contribution in [2.24, 2.45) is 16.5 Å². The number of rotatable bonds is 8. The van der Waals surface area contributed by atoms with Gasteiger partial charge in [-0.1, -0.05) is 12.1 Å². The summed E-state index contributed by atoms with van der Waals surface area (Å²) in [6, 6.07) is 14.9. The van der Waals surface area contributed by atoms with Crippen LogP contribution in [0.3, 0.4) is 0 Å². The maximum atomic E-state index is 11.2. The van der Waals surface area contributed by atoms with Gasteiger partial charge in [-0.3, -0.25) is 14.7 Å². The molecule has 7 heteroatoms. The van der Waals surface area contributed by atoms with Crippen molar-refractivity contribution in [3.63, 3.8) is 0 Å². The molecule has 158 valence electrons. The van der Waals surface area contributed by atoms with E-state index < -0.39 is 5.91 Å². The average molecular weight is 409 g/mol. The van der Waals surface area contributed by atoms with Crippen LogP contribution in [-0.4, -0.2) is 43.8 Å². The minimum Gasteiger partial charge on any atom is -0.482 e. The lowest BCUT2D eigenvalue weighted by molar-refractivity contribution is 0.100. The molecule has 0 saturated carbocycles. The third kappa shape index (κ3) is 5.18. The van der Waals surface area contributed by atoms with Crippen LogP contribution in [0.15, 0.2) is 65.0 Å². The van der Waals surface area contributed by atoms with Crippen LogP contribution >= 0.6 is 0 Å². The smallest absolute Gasteiger partial charge is 0.248 e. The largest absolute Gasteiger partial charge is 0.482 e. The average Bonchev–Trinajstić information content (AvgIpc) is 3.21. The van der Waals surface area contributed by atoms with Gasteiger partial charge in [0.25, 0.3) is 0 Å². The van der Waals surface area contributed by atoms with E-state index in [9.17, 15) is 4.79 Å². The molecule has 2 aromatic carbocycles. The second-order valence-corrected chi connectivity index (χ2v) is 7.17. The van der Waals surface area contributed by atoms with Gasteiger partial charge in [-0.25, -0.2) is 0 Å². The maximum Gasteiger partial charge on any atom is 0.248 e. The first kappa shape index (κ1) is 21.4. The van der Waals surface area contributed by atoms with Gasteiger partial charge >= 0.3 is 0 Å². The number of aliphatic imine (C=N–C) groups is 1. The second-order valence-electron chi connectivity index (χ2n) is 7.17. The van der Waals surface area contributed by atoms with Crippen molar-refractivity contribution in [3.8, 4) is 11.5 Å². The van der Waals surface area contributed by atoms with Crippen LogP contribution in [0.1, 0.15) is 28.8 Å². The van der Waals surface area contributed by atoms with Crippen molar-refractivity contribution in [2.45, 2.75) is 25.4 Å². The Bertz CT molecular complexity index is 920. The number of hydrogen-bond acceptors (Lipinski definition) is 6. The molecule has 2 aromatic rings. The zero-order valence-corrected chi connectivity index (χ0v) is 17.4. The van der Waals surface area contributed by atoms with Crippen molar-refractivity contribution >= 4 is 12.1 Å². The molecule has 1 heterocycles. The number of ether oxygens (including phenoxy) is 2. The van der Waals surface area contributed by atoms with Crippen LogP contribution in [-0.2, 0) is 11.3 Å². The van der Waals surface area contributed by atoms with E-state index in [4.69, 9.17) is 20.9 Å². The van der Waals surface area contributed by atoms with E-state index in [1.807, 2.05) is 12.1 Å². The molecular formula is C23H28N4O3. The van der Waals surface area contributed by atoms with E-state index in [1.54, 1.807) is 44.6 Å². The molecule has 0 unspecified atom stereocenters. The number of likely N-dealkylation sites (tertiary alicyclic amines) is 1. The Morgan fingerprint density at radius 1 is 1.13 bits per heavy atom. The molecule has 1 atom stereocenters. The van der Waals surface area contributed by atoms with E-state index in [-0.39, 0.29) is 6.04 Å². The molecule has 0 aliphatic carbocycles. The summed E-state index contributed by atoms with van der Waals surface area (Å²) in [6.07, 6.45) is 3.92. The van der Waals surface area contributed by atoms with Crippen molar-refractivity contribution in [2.75, 3.05) is 20.7 Å². The summed E-state index contributed by atoms with van der Waals surface area (Å²) in [5.41, 5.74) is 13.9. The van der Waals surface area contributed by atoms with Crippen molar-refractivity contribution < 1.29 is 14.3 Å². The number of methoxy groups -OCH3 is 1. The standard InChI is InChI=1S/C23H28N4O3/c1-26-14-20(23(25)29-2)21-4-3-13-27(21)15-16-5-9-18(10-6-16)30-19-11-7-17(8-12-19)22(24)28/h5-12,14,21H,3-4,13,15,25H2,1-2H3,(H2,24,28)/t21-/m0/s1. The van der Waals surface area contributed by atoms with Gasteiger partial charge in [0.15, 0.2) is 5.88 Å². The molecule has 0 radical (unpaired) electrons. The minimum absolute atomic E-state index is 0.188. The first-order chi connectivity index (χ1) is 14.5. The van der Waals surface area contributed by atoms with Crippen LogP contribution in [0.2, 0.25) is 0 Å². The lowest BCUT2D eigenvalue weighted by Crippen LogP contribution is -2.33. The van der Waals surface area contributed by atoms with Gasteiger partial charge in [-0.2, -0.15) is 0 Å². The number of nitrogens with zero attached hydrogens (tertiary/aromatic N) is 2. The monoisotopic (exact) mass is 408 g/mol. The third-order valence-electron chi connectivity index (χ3n) is 5.18. The number of amides is 1. The topological polar surface area (TPSA) is 103 Å². The molecule has 3 rings (SSSR count). The number of nitrogens with two attached hydrogens (primary N) is 2. The van der Waals surface area contributed by atoms with Crippen molar-refractivity contribution in [1.82, 2.24) is 4.90 Å².